The monoisotopic (exact) mass is 343 g/mol. The number of nitrogens with one attached hydrogen (secondary N) is 1. The molecule has 1 rings (SSSR count). The Hall–Kier alpha value is -0.950. The Morgan fingerprint density at radius 1 is 1.17 bits per heavy atom. The van der Waals surface area contributed by atoms with E-state index in [1.807, 2.05) is 43.0 Å². The van der Waals surface area contributed by atoms with Crippen molar-refractivity contribution in [2.45, 2.75) is 38.5 Å². The molecule has 5 nitrogen and oxygen atoms in total. The highest BCUT2D eigenvalue weighted by atomic mass is 32.2. The van der Waals surface area contributed by atoms with Gasteiger partial charge in [-0.15, -0.1) is 0 Å². The largest absolute Gasteiger partial charge is 0.491 e. The van der Waals surface area contributed by atoms with E-state index in [4.69, 9.17) is 14.3 Å². The quantitative estimate of drug-likeness (QED) is 0.423. The van der Waals surface area contributed by atoms with Crippen molar-refractivity contribution >= 4 is 17.4 Å². The molecule has 0 amide bonds. The van der Waals surface area contributed by atoms with Crippen LogP contribution in [0.25, 0.3) is 0 Å². The first-order valence-electron chi connectivity index (χ1n) is 8.10. The minimum atomic E-state index is -0.611. The maximum absolute atomic E-state index is 9.63. The Morgan fingerprint density at radius 2 is 1.91 bits per heavy atom. The Kier molecular flexibility index (Phi) is 10.9. The predicted molar refractivity (Wildman–Crippen MR) is 96.2 cm³/mol. The Morgan fingerprint density at radius 3 is 2.57 bits per heavy atom. The summed E-state index contributed by atoms with van der Waals surface area (Å²) in [4.78, 5) is 5.42. The van der Waals surface area contributed by atoms with Crippen LogP contribution in [0.2, 0.25) is 0 Å². The molecule has 0 aliphatic rings. The van der Waals surface area contributed by atoms with Gasteiger partial charge in [0.05, 0.1) is 18.9 Å². The van der Waals surface area contributed by atoms with E-state index in [1.54, 1.807) is 0 Å². The van der Waals surface area contributed by atoms with E-state index >= 15 is 0 Å². The highest BCUT2D eigenvalue weighted by Crippen LogP contribution is 2.16. The van der Waals surface area contributed by atoms with E-state index in [0.29, 0.717) is 30.8 Å². The third-order valence-electron chi connectivity index (χ3n) is 2.84. The number of thioether (sulfide) groups is 1. The summed E-state index contributed by atoms with van der Waals surface area (Å²) in [6, 6.07) is 7.45. The SMILES string of the molecule is CCOCC(O)COc1ccc(NOCCCSC(C)C)cc1. The third-order valence-corrected chi connectivity index (χ3v) is 4.03. The topological polar surface area (TPSA) is 60.0 Å². The summed E-state index contributed by atoms with van der Waals surface area (Å²) in [6.45, 7) is 8.07. The average molecular weight is 343 g/mol. The van der Waals surface area contributed by atoms with Gasteiger partial charge in [-0.3, -0.25) is 10.3 Å². The van der Waals surface area contributed by atoms with Crippen LogP contribution in [0.4, 0.5) is 5.69 Å². The Bertz CT molecular complexity index is 400. The van der Waals surface area contributed by atoms with Crippen LogP contribution < -0.4 is 10.2 Å². The van der Waals surface area contributed by atoms with Gasteiger partial charge in [0.1, 0.15) is 18.5 Å². The summed E-state index contributed by atoms with van der Waals surface area (Å²) in [5.74, 6) is 1.82. The number of rotatable bonds is 13. The molecule has 0 saturated heterocycles. The molecule has 1 unspecified atom stereocenters. The molecule has 1 atom stereocenters. The highest BCUT2D eigenvalue weighted by Gasteiger charge is 2.05. The lowest BCUT2D eigenvalue weighted by Crippen LogP contribution is -2.23. The summed E-state index contributed by atoms with van der Waals surface area (Å²) in [5, 5.41) is 10.3. The van der Waals surface area contributed by atoms with E-state index in [2.05, 4.69) is 19.3 Å². The fourth-order valence-corrected chi connectivity index (χ4v) is 2.45. The molecule has 2 N–H and O–H groups in total. The molecule has 23 heavy (non-hydrogen) atoms. The molecule has 1 aromatic carbocycles. The van der Waals surface area contributed by atoms with Gasteiger partial charge >= 0.3 is 0 Å². The number of ether oxygens (including phenoxy) is 2. The lowest BCUT2D eigenvalue weighted by atomic mass is 10.3. The van der Waals surface area contributed by atoms with Crippen molar-refractivity contribution in [2.24, 2.45) is 0 Å². The third kappa shape index (κ3) is 10.4. The van der Waals surface area contributed by atoms with Gasteiger partial charge in [0.2, 0.25) is 0 Å². The average Bonchev–Trinajstić information content (AvgIpc) is 2.55. The fraction of sp³-hybridized carbons (Fsp3) is 0.647. The summed E-state index contributed by atoms with van der Waals surface area (Å²) < 4.78 is 10.6. The van der Waals surface area contributed by atoms with Crippen LogP contribution in [0.1, 0.15) is 27.2 Å². The second-order valence-electron chi connectivity index (χ2n) is 5.37. The van der Waals surface area contributed by atoms with E-state index in [-0.39, 0.29) is 6.61 Å². The van der Waals surface area contributed by atoms with Crippen molar-refractivity contribution in [3.8, 4) is 5.75 Å². The van der Waals surface area contributed by atoms with Crippen LogP contribution in [0.3, 0.4) is 0 Å². The molecule has 132 valence electrons. The van der Waals surface area contributed by atoms with Crippen molar-refractivity contribution in [3.63, 3.8) is 0 Å². The van der Waals surface area contributed by atoms with Crippen LogP contribution in [0.5, 0.6) is 5.75 Å². The summed E-state index contributed by atoms with van der Waals surface area (Å²) in [6.07, 6.45) is 0.411. The minimum absolute atomic E-state index is 0.219. The van der Waals surface area contributed by atoms with Crippen molar-refractivity contribution in [3.05, 3.63) is 24.3 Å². The molecule has 0 aromatic heterocycles. The summed E-state index contributed by atoms with van der Waals surface area (Å²) in [7, 11) is 0. The van der Waals surface area contributed by atoms with Gasteiger partial charge < -0.3 is 14.6 Å². The zero-order valence-corrected chi connectivity index (χ0v) is 15.1. The summed E-state index contributed by atoms with van der Waals surface area (Å²) >= 11 is 1.94. The van der Waals surface area contributed by atoms with E-state index < -0.39 is 6.10 Å². The number of benzene rings is 1. The van der Waals surface area contributed by atoms with Gasteiger partial charge in [0, 0.05) is 6.61 Å². The van der Waals surface area contributed by atoms with E-state index in [9.17, 15) is 5.11 Å². The first-order valence-corrected chi connectivity index (χ1v) is 9.14. The van der Waals surface area contributed by atoms with Gasteiger partial charge in [-0.05, 0) is 48.6 Å². The van der Waals surface area contributed by atoms with Crippen molar-refractivity contribution < 1.29 is 19.4 Å². The van der Waals surface area contributed by atoms with Crippen LogP contribution in [-0.2, 0) is 9.57 Å². The van der Waals surface area contributed by atoms with Gasteiger partial charge in [0.25, 0.3) is 0 Å². The predicted octanol–water partition coefficient (Wildman–Crippen LogP) is 3.34. The van der Waals surface area contributed by atoms with Gasteiger partial charge in [-0.1, -0.05) is 13.8 Å². The minimum Gasteiger partial charge on any atom is -0.491 e. The van der Waals surface area contributed by atoms with Gasteiger partial charge in [-0.2, -0.15) is 11.8 Å². The summed E-state index contributed by atoms with van der Waals surface area (Å²) in [5.41, 5.74) is 3.80. The zero-order chi connectivity index (χ0) is 16.9. The molecular weight excluding hydrogens is 314 g/mol. The van der Waals surface area contributed by atoms with Crippen molar-refractivity contribution in [2.75, 3.05) is 37.7 Å². The molecule has 6 heteroatoms. The maximum Gasteiger partial charge on any atom is 0.119 e. The first kappa shape index (κ1) is 20.1. The van der Waals surface area contributed by atoms with E-state index in [0.717, 1.165) is 17.9 Å². The molecule has 0 radical (unpaired) electrons. The van der Waals surface area contributed by atoms with Crippen molar-refractivity contribution in [1.82, 2.24) is 0 Å². The molecular formula is C17H29NO4S. The maximum atomic E-state index is 9.63. The van der Waals surface area contributed by atoms with Crippen molar-refractivity contribution in [1.29, 1.82) is 0 Å². The molecule has 0 heterocycles. The molecule has 0 bridgehead atoms. The Balaban J connectivity index is 2.15. The second-order valence-corrected chi connectivity index (χ2v) is 7.06. The van der Waals surface area contributed by atoms with E-state index in [1.165, 1.54) is 0 Å². The lowest BCUT2D eigenvalue weighted by molar-refractivity contribution is 0.0164. The fourth-order valence-electron chi connectivity index (χ4n) is 1.70. The normalized spacial score (nSPS) is 12.4. The molecule has 0 spiro atoms. The van der Waals surface area contributed by atoms with Crippen LogP contribution in [0.15, 0.2) is 24.3 Å². The number of anilines is 1. The number of aliphatic hydroxyl groups excluding tert-OH is 1. The van der Waals surface area contributed by atoms with Crippen LogP contribution in [-0.4, -0.2) is 48.6 Å². The van der Waals surface area contributed by atoms with Gasteiger partial charge in [0.15, 0.2) is 0 Å². The zero-order valence-electron chi connectivity index (χ0n) is 14.3. The molecule has 0 aliphatic heterocycles. The first-order chi connectivity index (χ1) is 11.1. The van der Waals surface area contributed by atoms with Crippen LogP contribution >= 0.6 is 11.8 Å². The Labute approximate surface area is 143 Å². The number of hydrogen-bond donors (Lipinski definition) is 2. The molecule has 0 saturated carbocycles. The number of hydrogen-bond acceptors (Lipinski definition) is 6. The highest BCUT2D eigenvalue weighted by molar-refractivity contribution is 7.99. The molecule has 0 fully saturated rings. The molecule has 0 aliphatic carbocycles. The van der Waals surface area contributed by atoms with Crippen LogP contribution in [0, 0.1) is 0 Å². The lowest BCUT2D eigenvalue weighted by Gasteiger charge is -2.13. The number of aliphatic hydroxyl groups is 1. The molecule has 1 aromatic rings. The standard InChI is InChI=1S/C17H29NO4S/c1-4-20-12-16(19)13-21-17-8-6-15(7-9-17)18-22-10-5-11-23-14(2)3/h6-9,14,16,18-19H,4-5,10-13H2,1-3H3. The van der Waals surface area contributed by atoms with Gasteiger partial charge in [-0.25, -0.2) is 0 Å². The smallest absolute Gasteiger partial charge is 0.119 e. The second kappa shape index (κ2) is 12.5.